The van der Waals surface area contributed by atoms with Crippen LogP contribution in [0.4, 0.5) is 14.5 Å². The van der Waals surface area contributed by atoms with E-state index in [1.165, 1.54) is 56.9 Å². The third-order valence-corrected chi connectivity index (χ3v) is 5.90. The van der Waals surface area contributed by atoms with Gasteiger partial charge < -0.3 is 24.6 Å². The molecule has 2 N–H and O–H groups in total. The maximum absolute atomic E-state index is 15.0. The highest BCUT2D eigenvalue weighted by Crippen LogP contribution is 2.36. The number of methoxy groups -OCH3 is 2. The third-order valence-electron chi connectivity index (χ3n) is 5.90. The van der Waals surface area contributed by atoms with Crippen LogP contribution in [0.3, 0.4) is 0 Å². The molecule has 12 heteroatoms. The number of ether oxygens (including phenoxy) is 3. The largest absolute Gasteiger partial charge is 0.506 e. The highest BCUT2D eigenvalue weighted by Gasteiger charge is 2.21. The number of hydrogen-bond acceptors (Lipinski definition) is 9. The van der Waals surface area contributed by atoms with Gasteiger partial charge in [-0.15, -0.1) is 0 Å². The second kappa shape index (κ2) is 10.8. The van der Waals surface area contributed by atoms with Crippen LogP contribution < -0.4 is 19.5 Å². The molecule has 1 amide bonds. The van der Waals surface area contributed by atoms with Crippen molar-refractivity contribution >= 4 is 22.6 Å². The van der Waals surface area contributed by atoms with E-state index in [4.69, 9.17) is 14.2 Å². The Morgan fingerprint density at radius 2 is 1.75 bits per heavy atom. The molecule has 40 heavy (non-hydrogen) atoms. The van der Waals surface area contributed by atoms with Crippen LogP contribution in [0.5, 0.6) is 28.9 Å². The number of benzene rings is 1. The molecule has 202 valence electrons. The Bertz CT molecular complexity index is 1750. The summed E-state index contributed by atoms with van der Waals surface area (Å²) < 4.78 is 44.6. The minimum Gasteiger partial charge on any atom is -0.506 e. The fourth-order valence-corrected chi connectivity index (χ4v) is 3.95. The second-order valence-corrected chi connectivity index (χ2v) is 8.42. The number of nitrogens with zero attached hydrogens (tertiary/aromatic N) is 4. The zero-order valence-electron chi connectivity index (χ0n) is 21.4. The minimum absolute atomic E-state index is 0.0976. The molecule has 0 aliphatic heterocycles. The Balaban J connectivity index is 1.39. The number of halogens is 2. The predicted molar refractivity (Wildman–Crippen MR) is 141 cm³/mol. The van der Waals surface area contributed by atoms with Crippen molar-refractivity contribution in [3.63, 3.8) is 0 Å². The van der Waals surface area contributed by atoms with Crippen LogP contribution in [0.25, 0.3) is 22.3 Å². The van der Waals surface area contributed by atoms with Crippen LogP contribution in [0, 0.1) is 18.6 Å². The van der Waals surface area contributed by atoms with Gasteiger partial charge in [-0.3, -0.25) is 19.7 Å². The van der Waals surface area contributed by atoms with Gasteiger partial charge in [-0.1, -0.05) is 0 Å². The number of aromatic nitrogens is 4. The number of carbonyl (C=O) groups is 1. The van der Waals surface area contributed by atoms with Gasteiger partial charge in [0.1, 0.15) is 22.6 Å². The van der Waals surface area contributed by atoms with Crippen LogP contribution in [0.2, 0.25) is 0 Å². The molecule has 0 aliphatic rings. The van der Waals surface area contributed by atoms with E-state index in [2.05, 4.69) is 25.3 Å². The summed E-state index contributed by atoms with van der Waals surface area (Å²) in [5.74, 6) is -1.79. The van der Waals surface area contributed by atoms with Gasteiger partial charge in [0.15, 0.2) is 23.1 Å². The molecule has 0 saturated heterocycles. The van der Waals surface area contributed by atoms with E-state index < -0.39 is 23.3 Å². The van der Waals surface area contributed by atoms with Gasteiger partial charge in [-0.05, 0) is 31.2 Å². The summed E-state index contributed by atoms with van der Waals surface area (Å²) in [4.78, 5) is 29.7. The van der Waals surface area contributed by atoms with Crippen molar-refractivity contribution < 1.29 is 32.9 Å². The Morgan fingerprint density at radius 3 is 2.45 bits per heavy atom. The van der Waals surface area contributed by atoms with E-state index in [0.717, 1.165) is 12.3 Å². The molecule has 1 aromatic carbocycles. The van der Waals surface area contributed by atoms with E-state index in [1.54, 1.807) is 13.0 Å². The van der Waals surface area contributed by atoms with Crippen LogP contribution in [0.1, 0.15) is 16.1 Å². The zero-order chi connectivity index (χ0) is 28.4. The van der Waals surface area contributed by atoms with Crippen molar-refractivity contribution in [2.45, 2.75) is 6.92 Å². The zero-order valence-corrected chi connectivity index (χ0v) is 21.4. The second-order valence-electron chi connectivity index (χ2n) is 8.42. The summed E-state index contributed by atoms with van der Waals surface area (Å²) in [6, 6.07) is 9.51. The fourth-order valence-electron chi connectivity index (χ4n) is 3.95. The number of anilines is 1. The Kier molecular flexibility index (Phi) is 7.06. The van der Waals surface area contributed by atoms with Crippen LogP contribution >= 0.6 is 0 Å². The Hall–Kier alpha value is -5.39. The van der Waals surface area contributed by atoms with Crippen molar-refractivity contribution in [2.24, 2.45) is 0 Å². The Labute approximate surface area is 226 Å². The molecule has 0 bridgehead atoms. The van der Waals surface area contributed by atoms with Gasteiger partial charge in [0, 0.05) is 36.3 Å². The molecule has 0 spiro atoms. The number of rotatable bonds is 7. The molecule has 0 radical (unpaired) electrons. The average Bonchev–Trinajstić information content (AvgIpc) is 2.94. The number of amides is 1. The summed E-state index contributed by atoms with van der Waals surface area (Å²) in [6.07, 6.45) is 3.66. The van der Waals surface area contributed by atoms with E-state index in [1.807, 2.05) is 0 Å². The van der Waals surface area contributed by atoms with Gasteiger partial charge >= 0.3 is 0 Å². The first-order valence-electron chi connectivity index (χ1n) is 11.8. The van der Waals surface area contributed by atoms with Gasteiger partial charge in [0.05, 0.1) is 42.9 Å². The number of hydrogen-bond donors (Lipinski definition) is 2. The number of nitrogens with one attached hydrogen (secondary N) is 1. The number of carbonyl (C=O) groups excluding carboxylic acids is 1. The molecule has 10 nitrogen and oxygen atoms in total. The van der Waals surface area contributed by atoms with Crippen molar-refractivity contribution in [3.8, 4) is 40.1 Å². The molecule has 0 saturated carbocycles. The molecular formula is C28H21F2N5O5. The lowest BCUT2D eigenvalue weighted by Gasteiger charge is -2.13. The topological polar surface area (TPSA) is 129 Å². The summed E-state index contributed by atoms with van der Waals surface area (Å²) >= 11 is 0. The first kappa shape index (κ1) is 26.2. The van der Waals surface area contributed by atoms with Crippen molar-refractivity contribution in [2.75, 3.05) is 19.5 Å². The molecule has 0 fully saturated rings. The van der Waals surface area contributed by atoms with Crippen molar-refractivity contribution in [3.05, 3.63) is 83.9 Å². The lowest BCUT2D eigenvalue weighted by atomic mass is 10.0. The van der Waals surface area contributed by atoms with Gasteiger partial charge in [-0.2, -0.15) is 0 Å². The quantitative estimate of drug-likeness (QED) is 0.275. The van der Waals surface area contributed by atoms with E-state index in [9.17, 15) is 14.3 Å². The summed E-state index contributed by atoms with van der Waals surface area (Å²) in [7, 11) is 2.91. The lowest BCUT2D eigenvalue weighted by molar-refractivity contribution is 0.102. The lowest BCUT2D eigenvalue weighted by Crippen LogP contribution is -2.13. The number of aryl methyl sites for hydroxylation is 1. The third kappa shape index (κ3) is 5.01. The number of aromatic hydroxyl groups is 1. The standard InChI is InChI=1S/C28H21F2N5O5/c1-14-24(19-6-4-15(29)12-33-19)26(36)17(13-32-14)27(37)34-16-5-7-21(18(30)10-16)40-22-8-9-31-20-11-23(38-2)28(39-3)35-25(20)22/h4-13H,1-3H3,(H,32,36)(H,34,37). The summed E-state index contributed by atoms with van der Waals surface area (Å²) in [6.45, 7) is 1.62. The highest BCUT2D eigenvalue weighted by molar-refractivity contribution is 6.07. The smallest absolute Gasteiger partial charge is 0.261 e. The molecule has 4 aromatic heterocycles. The first-order chi connectivity index (χ1) is 19.3. The molecule has 0 unspecified atom stereocenters. The number of fused-ring (bicyclic) bond motifs is 1. The van der Waals surface area contributed by atoms with E-state index >= 15 is 4.39 Å². The van der Waals surface area contributed by atoms with E-state index in [0.29, 0.717) is 22.5 Å². The summed E-state index contributed by atoms with van der Waals surface area (Å²) in [5, 5.41) is 13.3. The van der Waals surface area contributed by atoms with E-state index in [-0.39, 0.29) is 39.9 Å². The van der Waals surface area contributed by atoms with Gasteiger partial charge in [0.25, 0.3) is 11.8 Å². The normalized spacial score (nSPS) is 10.8. The molecule has 5 aromatic rings. The monoisotopic (exact) mass is 545 g/mol. The predicted octanol–water partition coefficient (Wildman–Crippen LogP) is 5.44. The summed E-state index contributed by atoms with van der Waals surface area (Å²) in [5.41, 5.74) is 1.49. The van der Waals surface area contributed by atoms with Gasteiger partial charge in [0.2, 0.25) is 0 Å². The first-order valence-corrected chi connectivity index (χ1v) is 11.8. The highest BCUT2D eigenvalue weighted by atomic mass is 19.1. The molecule has 4 heterocycles. The maximum Gasteiger partial charge on any atom is 0.261 e. The average molecular weight is 546 g/mol. The maximum atomic E-state index is 15.0. The van der Waals surface area contributed by atoms with Crippen molar-refractivity contribution in [1.29, 1.82) is 0 Å². The van der Waals surface area contributed by atoms with Crippen molar-refractivity contribution in [1.82, 2.24) is 19.9 Å². The fraction of sp³-hybridized carbons (Fsp3) is 0.107. The van der Waals surface area contributed by atoms with Gasteiger partial charge in [-0.25, -0.2) is 13.8 Å². The molecule has 0 atom stereocenters. The van der Waals surface area contributed by atoms with Crippen LogP contribution in [-0.2, 0) is 0 Å². The SMILES string of the molecule is COc1cc2nccc(Oc3ccc(NC(=O)c4cnc(C)c(-c5ccc(F)cn5)c4O)cc3F)c2nc1OC. The van der Waals surface area contributed by atoms with Crippen LogP contribution in [-0.4, -0.2) is 45.2 Å². The van der Waals surface area contributed by atoms with Crippen LogP contribution in [0.15, 0.2) is 61.1 Å². The minimum atomic E-state index is -0.773. The number of pyridine rings is 4. The molecule has 5 rings (SSSR count). The molecular weight excluding hydrogens is 524 g/mol. The Morgan fingerprint density at radius 1 is 0.925 bits per heavy atom. The molecule has 0 aliphatic carbocycles.